The van der Waals surface area contributed by atoms with Crippen molar-refractivity contribution >= 4 is 10.1 Å². The monoisotopic (exact) mass is 248 g/mol. The summed E-state index contributed by atoms with van der Waals surface area (Å²) in [6.45, 7) is 0.811. The highest BCUT2D eigenvalue weighted by Crippen LogP contribution is 2.06. The average Bonchev–Trinajstić information content (AvgIpc) is 2.46. The summed E-state index contributed by atoms with van der Waals surface area (Å²) in [6, 6.07) is 0. The Morgan fingerprint density at radius 1 is 1.50 bits per heavy atom. The molecule has 0 aromatic carbocycles. The fraction of sp³-hybridized carbons (Fsp3) is 0.750. The maximum absolute atomic E-state index is 10.5. The third kappa shape index (κ3) is 4.69. The second kappa shape index (κ2) is 4.48. The Hall–Kier alpha value is -0.990. The predicted molar refractivity (Wildman–Crippen MR) is 56.2 cm³/mol. The van der Waals surface area contributed by atoms with Crippen LogP contribution in [-0.2, 0) is 23.7 Å². The molecule has 1 rings (SSSR count). The van der Waals surface area contributed by atoms with E-state index in [0.29, 0.717) is 11.0 Å². The second-order valence-electron chi connectivity index (χ2n) is 4.46. The first kappa shape index (κ1) is 13.1. The molecular formula is C8H16N4O3S. The lowest BCUT2D eigenvalue weighted by atomic mass is 10.4. The van der Waals surface area contributed by atoms with E-state index in [1.54, 1.807) is 17.9 Å². The van der Waals surface area contributed by atoms with Gasteiger partial charge in [0.1, 0.15) is 22.4 Å². The van der Waals surface area contributed by atoms with Gasteiger partial charge in [-0.15, -0.1) is 5.10 Å². The van der Waals surface area contributed by atoms with Gasteiger partial charge in [-0.2, -0.15) is 0 Å². The summed E-state index contributed by atoms with van der Waals surface area (Å²) >= 11 is 0. The maximum atomic E-state index is 10.5. The van der Waals surface area contributed by atoms with Crippen LogP contribution in [0.2, 0.25) is 0 Å². The highest BCUT2D eigenvalue weighted by molar-refractivity contribution is 7.85. The van der Waals surface area contributed by atoms with E-state index in [0.717, 1.165) is 5.69 Å². The molecule has 0 aliphatic rings. The zero-order valence-electron chi connectivity index (χ0n) is 9.62. The fourth-order valence-electron chi connectivity index (χ4n) is 1.34. The van der Waals surface area contributed by atoms with Gasteiger partial charge in [-0.25, -0.2) is 8.42 Å². The third-order valence-corrected chi connectivity index (χ3v) is 2.87. The minimum atomic E-state index is -4.15. The topological polar surface area (TPSA) is 87.9 Å². The van der Waals surface area contributed by atoms with Crippen LogP contribution in [-0.4, -0.2) is 58.8 Å². The summed E-state index contributed by atoms with van der Waals surface area (Å²) in [5.41, 5.74) is 0.774. The lowest BCUT2D eigenvalue weighted by Crippen LogP contribution is -2.42. The van der Waals surface area contributed by atoms with Gasteiger partial charge < -0.3 is 9.04 Å². The molecule has 1 heterocycles. The Kier molecular flexibility index (Phi) is 3.66. The van der Waals surface area contributed by atoms with Crippen LogP contribution in [0, 0.1) is 0 Å². The van der Waals surface area contributed by atoms with Gasteiger partial charge >= 0.3 is 0 Å². The highest BCUT2D eigenvalue weighted by Gasteiger charge is 2.18. The van der Waals surface area contributed by atoms with E-state index in [1.807, 2.05) is 14.1 Å². The highest BCUT2D eigenvalue weighted by atomic mass is 32.2. The van der Waals surface area contributed by atoms with Crippen molar-refractivity contribution in [2.45, 2.75) is 6.54 Å². The van der Waals surface area contributed by atoms with Crippen molar-refractivity contribution < 1.29 is 17.5 Å². The Bertz CT molecular complexity index is 452. The lowest BCUT2D eigenvalue weighted by molar-refractivity contribution is -0.901. The van der Waals surface area contributed by atoms with E-state index in [1.165, 1.54) is 0 Å². The molecule has 0 atom stereocenters. The lowest BCUT2D eigenvalue weighted by Gasteiger charge is -2.29. The van der Waals surface area contributed by atoms with Gasteiger partial charge in [0.25, 0.3) is 0 Å². The number of quaternary nitrogens is 1. The molecule has 0 aliphatic carbocycles. The molecule has 7 nitrogen and oxygen atoms in total. The van der Waals surface area contributed by atoms with Gasteiger partial charge in [0, 0.05) is 7.05 Å². The molecule has 0 bridgehead atoms. The largest absolute Gasteiger partial charge is 0.748 e. The molecule has 0 aliphatic heterocycles. The molecule has 0 saturated heterocycles. The van der Waals surface area contributed by atoms with Gasteiger partial charge in [-0.05, 0) is 0 Å². The van der Waals surface area contributed by atoms with Gasteiger partial charge in [0.15, 0.2) is 0 Å². The Morgan fingerprint density at radius 2 is 2.12 bits per heavy atom. The number of nitrogens with zero attached hydrogens (tertiary/aromatic N) is 4. The first-order chi connectivity index (χ1) is 7.18. The van der Waals surface area contributed by atoms with Gasteiger partial charge in [-0.3, -0.25) is 4.68 Å². The molecule has 16 heavy (non-hydrogen) atoms. The van der Waals surface area contributed by atoms with Crippen LogP contribution in [0.15, 0.2) is 6.20 Å². The summed E-state index contributed by atoms with van der Waals surface area (Å²) in [6.07, 6.45) is 1.77. The zero-order valence-corrected chi connectivity index (χ0v) is 10.4. The molecule has 0 N–H and O–H groups in total. The first-order valence-electron chi connectivity index (χ1n) is 4.79. The second-order valence-corrected chi connectivity index (χ2v) is 5.99. The molecule has 0 spiro atoms. The van der Waals surface area contributed by atoms with Crippen molar-refractivity contribution in [2.24, 2.45) is 7.05 Å². The molecule has 0 amide bonds. The van der Waals surface area contributed by atoms with Crippen molar-refractivity contribution in [3.8, 4) is 0 Å². The van der Waals surface area contributed by atoms with Crippen LogP contribution in [0.4, 0.5) is 0 Å². The molecule has 0 saturated carbocycles. The molecule has 1 aromatic heterocycles. The first-order valence-corrected chi connectivity index (χ1v) is 6.36. The van der Waals surface area contributed by atoms with E-state index >= 15 is 0 Å². The molecule has 0 unspecified atom stereocenters. The maximum Gasteiger partial charge on any atom is 0.137 e. The van der Waals surface area contributed by atoms with Crippen LogP contribution in [0.5, 0.6) is 0 Å². The number of aryl methyl sites for hydroxylation is 1. The minimum absolute atomic E-state index is 0.266. The number of hydrogen-bond acceptors (Lipinski definition) is 5. The van der Waals surface area contributed by atoms with E-state index in [4.69, 9.17) is 0 Å². The zero-order chi connectivity index (χ0) is 12.4. The van der Waals surface area contributed by atoms with Gasteiger partial charge in [0.2, 0.25) is 0 Å². The van der Waals surface area contributed by atoms with E-state index < -0.39 is 10.1 Å². The third-order valence-electron chi connectivity index (χ3n) is 2.19. The van der Waals surface area contributed by atoms with Crippen molar-refractivity contribution in [3.05, 3.63) is 11.9 Å². The Balaban J connectivity index is 2.58. The van der Waals surface area contributed by atoms with E-state index in [9.17, 15) is 13.0 Å². The van der Waals surface area contributed by atoms with Crippen LogP contribution in [0.1, 0.15) is 5.69 Å². The summed E-state index contributed by atoms with van der Waals surface area (Å²) in [7, 11) is 1.31. The van der Waals surface area contributed by atoms with Crippen molar-refractivity contribution in [1.82, 2.24) is 15.0 Å². The molecule has 0 fully saturated rings. The summed E-state index contributed by atoms with van der Waals surface area (Å²) in [5.74, 6) is -0.361. The quantitative estimate of drug-likeness (QED) is 0.489. The molecular weight excluding hydrogens is 232 g/mol. The normalized spacial score (nSPS) is 13.0. The van der Waals surface area contributed by atoms with Crippen LogP contribution < -0.4 is 0 Å². The van der Waals surface area contributed by atoms with Crippen molar-refractivity contribution in [3.63, 3.8) is 0 Å². The molecule has 1 aromatic rings. The minimum Gasteiger partial charge on any atom is -0.748 e. The summed E-state index contributed by atoms with van der Waals surface area (Å²) in [4.78, 5) is 0. The van der Waals surface area contributed by atoms with Gasteiger partial charge in [0.05, 0.1) is 32.6 Å². The SMILES string of the molecule is Cn1cc(C[N+](C)(C)CCS(=O)(=O)[O-])nn1. The fourth-order valence-corrected chi connectivity index (χ4v) is 2.06. The van der Waals surface area contributed by atoms with Crippen LogP contribution >= 0.6 is 0 Å². The number of hydrogen-bond donors (Lipinski definition) is 0. The number of aromatic nitrogens is 3. The van der Waals surface area contributed by atoms with Crippen LogP contribution in [0.25, 0.3) is 0 Å². The van der Waals surface area contributed by atoms with E-state index in [2.05, 4.69) is 10.3 Å². The summed E-state index contributed by atoms with van der Waals surface area (Å²) in [5, 5.41) is 7.70. The standard InChI is InChI=1S/C8H16N4O3S/c1-11-6-8(9-10-11)7-12(2,3)4-5-16(13,14)15/h6H,4-5,7H2,1-3H3. The van der Waals surface area contributed by atoms with Crippen molar-refractivity contribution in [1.29, 1.82) is 0 Å². The Labute approximate surface area is 95.0 Å². The Morgan fingerprint density at radius 3 is 2.56 bits per heavy atom. The average molecular weight is 248 g/mol. The molecule has 8 heteroatoms. The molecule has 0 radical (unpaired) electrons. The predicted octanol–water partition coefficient (Wildman–Crippen LogP) is -1.06. The smallest absolute Gasteiger partial charge is 0.137 e. The van der Waals surface area contributed by atoms with Crippen LogP contribution in [0.3, 0.4) is 0 Å². The molecule has 92 valence electrons. The summed E-state index contributed by atoms with van der Waals surface area (Å²) < 4.78 is 33.6. The van der Waals surface area contributed by atoms with Gasteiger partial charge in [-0.1, -0.05) is 5.21 Å². The van der Waals surface area contributed by atoms with Crippen molar-refractivity contribution in [2.75, 3.05) is 26.4 Å². The van der Waals surface area contributed by atoms with E-state index in [-0.39, 0.29) is 12.3 Å². The number of rotatable bonds is 5.